The van der Waals surface area contributed by atoms with E-state index in [0.717, 1.165) is 0 Å². The molecular formula is C15H15Cl2NO3. The Balaban J connectivity index is 1.84. The molecule has 0 spiro atoms. The fourth-order valence-corrected chi connectivity index (χ4v) is 1.95. The second-order valence-corrected chi connectivity index (χ2v) is 5.23. The Morgan fingerprint density at radius 3 is 2.38 bits per heavy atom. The number of hydrogen-bond donors (Lipinski definition) is 2. The van der Waals surface area contributed by atoms with Crippen LogP contribution in [0.1, 0.15) is 0 Å². The van der Waals surface area contributed by atoms with E-state index in [1.165, 1.54) is 0 Å². The van der Waals surface area contributed by atoms with E-state index in [1.54, 1.807) is 36.4 Å². The molecule has 0 aliphatic heterocycles. The molecule has 0 fully saturated rings. The Bertz CT molecular complexity index is 607. The minimum absolute atomic E-state index is 0.0345. The van der Waals surface area contributed by atoms with Crippen molar-refractivity contribution in [2.24, 2.45) is 0 Å². The lowest BCUT2D eigenvalue weighted by Gasteiger charge is -2.15. The third-order valence-corrected chi connectivity index (χ3v) is 3.22. The first-order valence-electron chi connectivity index (χ1n) is 6.29. The van der Waals surface area contributed by atoms with Crippen molar-refractivity contribution in [2.45, 2.75) is 6.10 Å². The molecule has 4 nitrogen and oxygen atoms in total. The highest BCUT2D eigenvalue weighted by atomic mass is 35.5. The van der Waals surface area contributed by atoms with Crippen molar-refractivity contribution in [2.75, 3.05) is 18.9 Å². The molecule has 0 amide bonds. The van der Waals surface area contributed by atoms with Crippen LogP contribution in [-0.4, -0.2) is 24.4 Å². The molecule has 112 valence electrons. The van der Waals surface area contributed by atoms with Crippen LogP contribution in [0.25, 0.3) is 0 Å². The van der Waals surface area contributed by atoms with E-state index < -0.39 is 6.10 Å². The fourth-order valence-electron chi connectivity index (χ4n) is 1.62. The summed E-state index contributed by atoms with van der Waals surface area (Å²) in [6.07, 6.45) is -0.820. The third-order valence-electron chi connectivity index (χ3n) is 2.67. The van der Waals surface area contributed by atoms with E-state index in [2.05, 4.69) is 0 Å². The Kier molecular flexibility index (Phi) is 5.56. The maximum atomic E-state index is 9.86. The number of benzene rings is 2. The summed E-state index contributed by atoms with van der Waals surface area (Å²) in [6.45, 7) is 0.0964. The van der Waals surface area contributed by atoms with E-state index in [4.69, 9.17) is 38.4 Å². The average Bonchev–Trinajstić information content (AvgIpc) is 2.47. The molecule has 2 aromatic carbocycles. The van der Waals surface area contributed by atoms with Crippen molar-refractivity contribution in [3.05, 3.63) is 52.5 Å². The molecule has 0 aliphatic carbocycles. The Labute approximate surface area is 133 Å². The second-order valence-electron chi connectivity index (χ2n) is 4.39. The first kappa shape index (κ1) is 15.8. The molecule has 0 saturated heterocycles. The number of hydrogen-bond acceptors (Lipinski definition) is 4. The molecular weight excluding hydrogens is 313 g/mol. The highest BCUT2D eigenvalue weighted by molar-refractivity contribution is 6.34. The van der Waals surface area contributed by atoms with Crippen LogP contribution >= 0.6 is 23.2 Å². The van der Waals surface area contributed by atoms with E-state index in [0.29, 0.717) is 27.2 Å². The molecule has 0 aliphatic rings. The number of aliphatic hydroxyl groups excluding tert-OH is 1. The number of anilines is 1. The summed E-state index contributed by atoms with van der Waals surface area (Å²) in [5.74, 6) is 0.944. The Morgan fingerprint density at radius 2 is 1.67 bits per heavy atom. The molecule has 0 heterocycles. The predicted octanol–water partition coefficient (Wildman–Crippen LogP) is 3.39. The van der Waals surface area contributed by atoms with Gasteiger partial charge in [-0.15, -0.1) is 0 Å². The van der Waals surface area contributed by atoms with Gasteiger partial charge in [0.25, 0.3) is 0 Å². The van der Waals surface area contributed by atoms with E-state index in [9.17, 15) is 5.11 Å². The summed E-state index contributed by atoms with van der Waals surface area (Å²) in [5, 5.41) is 10.8. The summed E-state index contributed by atoms with van der Waals surface area (Å²) in [4.78, 5) is 0. The minimum atomic E-state index is -0.820. The van der Waals surface area contributed by atoms with Crippen LogP contribution in [0.15, 0.2) is 42.5 Å². The van der Waals surface area contributed by atoms with Gasteiger partial charge >= 0.3 is 0 Å². The molecule has 1 unspecified atom stereocenters. The predicted molar refractivity (Wildman–Crippen MR) is 84.3 cm³/mol. The summed E-state index contributed by atoms with van der Waals surface area (Å²) in [6, 6.07) is 12.0. The smallest absolute Gasteiger partial charge is 0.142 e. The number of nitrogens with two attached hydrogens (primary N) is 1. The SMILES string of the molecule is Nc1ccccc1OCC(O)COc1cc(Cl)ccc1Cl. The second kappa shape index (κ2) is 7.41. The van der Waals surface area contributed by atoms with Gasteiger partial charge in [0.15, 0.2) is 0 Å². The van der Waals surface area contributed by atoms with E-state index in [1.807, 2.05) is 6.07 Å². The first-order valence-corrected chi connectivity index (χ1v) is 7.05. The number of nitrogen functional groups attached to an aromatic ring is 1. The number of aliphatic hydroxyl groups is 1. The van der Waals surface area contributed by atoms with Crippen molar-refractivity contribution in [1.82, 2.24) is 0 Å². The van der Waals surface area contributed by atoms with Crippen LogP contribution in [-0.2, 0) is 0 Å². The van der Waals surface area contributed by atoms with Crippen molar-refractivity contribution < 1.29 is 14.6 Å². The van der Waals surface area contributed by atoms with E-state index >= 15 is 0 Å². The fraction of sp³-hybridized carbons (Fsp3) is 0.200. The van der Waals surface area contributed by atoms with Gasteiger partial charge in [-0.05, 0) is 24.3 Å². The number of ether oxygens (including phenoxy) is 2. The molecule has 2 rings (SSSR count). The third kappa shape index (κ3) is 4.70. The maximum Gasteiger partial charge on any atom is 0.142 e. The maximum absolute atomic E-state index is 9.86. The molecule has 21 heavy (non-hydrogen) atoms. The van der Waals surface area contributed by atoms with Gasteiger partial charge in [-0.1, -0.05) is 35.3 Å². The van der Waals surface area contributed by atoms with Gasteiger partial charge in [0, 0.05) is 11.1 Å². The molecule has 6 heteroatoms. The summed E-state index contributed by atoms with van der Waals surface area (Å²) < 4.78 is 10.8. The standard InChI is InChI=1S/C15H15Cl2NO3/c16-10-5-6-12(17)15(7-10)21-9-11(19)8-20-14-4-2-1-3-13(14)18/h1-7,11,19H,8-9,18H2. The number of rotatable bonds is 6. The average molecular weight is 328 g/mol. The first-order chi connectivity index (χ1) is 10.1. The molecule has 0 aromatic heterocycles. The molecule has 0 bridgehead atoms. The van der Waals surface area contributed by atoms with Crippen LogP contribution in [0.2, 0.25) is 10.0 Å². The lowest BCUT2D eigenvalue weighted by atomic mass is 10.3. The lowest BCUT2D eigenvalue weighted by molar-refractivity contribution is 0.0629. The summed E-state index contributed by atoms with van der Waals surface area (Å²) >= 11 is 11.8. The van der Waals surface area contributed by atoms with Gasteiger partial charge in [-0.2, -0.15) is 0 Å². The summed E-state index contributed by atoms with van der Waals surface area (Å²) in [5.41, 5.74) is 6.26. The number of halogens is 2. The zero-order chi connectivity index (χ0) is 15.2. The molecule has 2 aromatic rings. The zero-order valence-corrected chi connectivity index (χ0v) is 12.6. The van der Waals surface area contributed by atoms with Crippen molar-refractivity contribution >= 4 is 28.9 Å². The van der Waals surface area contributed by atoms with Crippen molar-refractivity contribution in [3.8, 4) is 11.5 Å². The topological polar surface area (TPSA) is 64.7 Å². The van der Waals surface area contributed by atoms with Crippen molar-refractivity contribution in [1.29, 1.82) is 0 Å². The quantitative estimate of drug-likeness (QED) is 0.798. The van der Waals surface area contributed by atoms with Crippen molar-refractivity contribution in [3.63, 3.8) is 0 Å². The summed E-state index contributed by atoms with van der Waals surface area (Å²) in [7, 11) is 0. The van der Waals surface area contributed by atoms with Crippen LogP contribution in [0, 0.1) is 0 Å². The number of para-hydroxylation sites is 2. The zero-order valence-electron chi connectivity index (χ0n) is 11.1. The van der Waals surface area contributed by atoms with Gasteiger partial charge in [-0.3, -0.25) is 0 Å². The lowest BCUT2D eigenvalue weighted by Crippen LogP contribution is -2.25. The largest absolute Gasteiger partial charge is 0.489 e. The molecule has 0 radical (unpaired) electrons. The van der Waals surface area contributed by atoms with Crippen LogP contribution in [0.3, 0.4) is 0 Å². The Hall–Kier alpha value is -1.62. The molecule has 0 saturated carbocycles. The van der Waals surface area contributed by atoms with Gasteiger partial charge in [0.2, 0.25) is 0 Å². The highest BCUT2D eigenvalue weighted by Crippen LogP contribution is 2.27. The van der Waals surface area contributed by atoms with Gasteiger partial charge in [-0.25, -0.2) is 0 Å². The molecule has 3 N–H and O–H groups in total. The monoisotopic (exact) mass is 327 g/mol. The highest BCUT2D eigenvalue weighted by Gasteiger charge is 2.10. The van der Waals surface area contributed by atoms with Crippen LogP contribution in [0.4, 0.5) is 5.69 Å². The normalized spacial score (nSPS) is 12.0. The minimum Gasteiger partial charge on any atom is -0.489 e. The van der Waals surface area contributed by atoms with Crippen LogP contribution in [0.5, 0.6) is 11.5 Å². The van der Waals surface area contributed by atoms with Gasteiger partial charge in [0.1, 0.15) is 30.8 Å². The van der Waals surface area contributed by atoms with Crippen LogP contribution < -0.4 is 15.2 Å². The molecule has 1 atom stereocenters. The Morgan fingerprint density at radius 1 is 1.00 bits per heavy atom. The van der Waals surface area contributed by atoms with Gasteiger partial charge in [0.05, 0.1) is 10.7 Å². The van der Waals surface area contributed by atoms with E-state index in [-0.39, 0.29) is 13.2 Å². The van der Waals surface area contributed by atoms with Gasteiger partial charge < -0.3 is 20.3 Å².